The fraction of sp³-hybridized carbons (Fsp3) is 0.538. The van der Waals surface area contributed by atoms with Gasteiger partial charge in [0.2, 0.25) is 0 Å². The fourth-order valence-electron chi connectivity index (χ4n) is 2.18. The predicted molar refractivity (Wildman–Crippen MR) is 63.5 cm³/mol. The minimum absolute atomic E-state index is 0. The maximum absolute atomic E-state index is 3.35. The summed E-state index contributed by atoms with van der Waals surface area (Å²) < 4.78 is 2.30. The number of nitrogens with zero attached hydrogens (tertiary/aromatic N) is 1. The third kappa shape index (κ3) is 5.19. The Hall–Kier alpha value is 0.902. The Balaban J connectivity index is 0.00000128. The van der Waals surface area contributed by atoms with Crippen molar-refractivity contribution >= 4 is 0 Å². The van der Waals surface area contributed by atoms with Crippen molar-refractivity contribution in [3.63, 3.8) is 0 Å². The zero-order valence-electron chi connectivity index (χ0n) is 10.6. The molecule has 93 valence electrons. The second kappa shape index (κ2) is 8.91. The van der Waals surface area contributed by atoms with Gasteiger partial charge in [-0.05, 0) is 6.54 Å². The van der Waals surface area contributed by atoms with E-state index in [1.54, 1.807) is 0 Å². The summed E-state index contributed by atoms with van der Waals surface area (Å²) >= 11 is 0. The molecule has 0 aromatic carbocycles. The van der Waals surface area contributed by atoms with Gasteiger partial charge in [-0.3, -0.25) is 0 Å². The monoisotopic (exact) mass is 477 g/mol. The molecule has 1 aromatic heterocycles. The number of hydrogen-bond donors (Lipinski definition) is 1. The standard InChI is InChI=1S/C13H20N2.W.Y/c1-11-3-4-12(2)15(11)10-7-13-5-8-14-9-6-13;;/h3-5,10,13-14H,6-9H2,1-2H3;;/q-2;;. The number of aromatic nitrogens is 1. The first-order valence-corrected chi connectivity index (χ1v) is 5.79. The molecule has 0 aliphatic carbocycles. The van der Waals surface area contributed by atoms with Crippen molar-refractivity contribution in [2.24, 2.45) is 5.92 Å². The quantitative estimate of drug-likeness (QED) is 0.662. The average Bonchev–Trinajstić information content (AvgIpc) is 2.58. The first kappa shape index (κ1) is 17.9. The SMILES string of the molecule is Cc1ccc(C)n1[CH-]CC1[CH-]CNCC1.[W].[Y]. The van der Waals surface area contributed by atoms with E-state index in [1.165, 1.54) is 24.4 Å². The largest absolute Gasteiger partial charge is 0.486 e. The van der Waals surface area contributed by atoms with Crippen LogP contribution < -0.4 is 5.32 Å². The van der Waals surface area contributed by atoms with Crippen LogP contribution in [0, 0.1) is 32.7 Å². The van der Waals surface area contributed by atoms with Gasteiger partial charge >= 0.3 is 0 Å². The molecule has 1 N–H and O–H groups in total. The summed E-state index contributed by atoms with van der Waals surface area (Å²) in [4.78, 5) is 0. The Morgan fingerprint density at radius 3 is 2.59 bits per heavy atom. The van der Waals surface area contributed by atoms with Crippen molar-refractivity contribution in [2.45, 2.75) is 26.7 Å². The second-order valence-electron chi connectivity index (χ2n) is 4.39. The second-order valence-corrected chi connectivity index (χ2v) is 4.39. The molecule has 1 radical (unpaired) electrons. The van der Waals surface area contributed by atoms with E-state index in [4.69, 9.17) is 0 Å². The van der Waals surface area contributed by atoms with E-state index in [1.807, 2.05) is 0 Å². The van der Waals surface area contributed by atoms with E-state index in [0.717, 1.165) is 18.9 Å². The van der Waals surface area contributed by atoms with Crippen molar-refractivity contribution in [1.82, 2.24) is 9.88 Å². The van der Waals surface area contributed by atoms with Gasteiger partial charge in [-0.2, -0.15) is 5.92 Å². The molecule has 1 aromatic rings. The topological polar surface area (TPSA) is 17.0 Å². The van der Waals surface area contributed by atoms with Crippen LogP contribution in [0.2, 0.25) is 0 Å². The zero-order chi connectivity index (χ0) is 10.7. The first-order valence-electron chi connectivity index (χ1n) is 5.79. The van der Waals surface area contributed by atoms with Gasteiger partial charge in [0.05, 0.1) is 0 Å². The van der Waals surface area contributed by atoms with Crippen LogP contribution in [0.4, 0.5) is 0 Å². The van der Waals surface area contributed by atoms with E-state index < -0.39 is 0 Å². The van der Waals surface area contributed by atoms with Crippen LogP contribution in [-0.2, 0) is 53.8 Å². The van der Waals surface area contributed by atoms with E-state index in [0.29, 0.717) is 0 Å². The summed E-state index contributed by atoms with van der Waals surface area (Å²) in [5.74, 6) is 0.757. The van der Waals surface area contributed by atoms with Crippen molar-refractivity contribution in [1.29, 1.82) is 0 Å². The fourth-order valence-corrected chi connectivity index (χ4v) is 2.18. The summed E-state index contributed by atoms with van der Waals surface area (Å²) in [6.45, 7) is 8.89. The van der Waals surface area contributed by atoms with Crippen LogP contribution in [-0.4, -0.2) is 17.7 Å². The summed E-state index contributed by atoms with van der Waals surface area (Å²) in [6, 6.07) is 4.36. The molecule has 1 aliphatic heterocycles. The summed E-state index contributed by atoms with van der Waals surface area (Å²) in [7, 11) is 0. The molecule has 1 fully saturated rings. The van der Waals surface area contributed by atoms with Gasteiger partial charge in [-0.15, -0.1) is 25.2 Å². The molecule has 1 aliphatic rings. The Morgan fingerprint density at radius 2 is 2.06 bits per heavy atom. The van der Waals surface area contributed by atoms with Crippen molar-refractivity contribution in [2.75, 3.05) is 13.1 Å². The van der Waals surface area contributed by atoms with Crippen LogP contribution in [0.5, 0.6) is 0 Å². The Morgan fingerprint density at radius 1 is 1.41 bits per heavy atom. The third-order valence-electron chi connectivity index (χ3n) is 3.20. The molecule has 2 rings (SSSR count). The minimum Gasteiger partial charge on any atom is -0.486 e. The average molecular weight is 477 g/mol. The number of rotatable bonds is 3. The maximum Gasteiger partial charge on any atom is 0 e. The van der Waals surface area contributed by atoms with Crippen LogP contribution in [0.15, 0.2) is 12.1 Å². The van der Waals surface area contributed by atoms with Gasteiger partial charge in [0.1, 0.15) is 0 Å². The zero-order valence-corrected chi connectivity index (χ0v) is 16.4. The van der Waals surface area contributed by atoms with Gasteiger partial charge in [0, 0.05) is 53.8 Å². The van der Waals surface area contributed by atoms with Crippen LogP contribution in [0.25, 0.3) is 0 Å². The Labute approximate surface area is 144 Å². The van der Waals surface area contributed by atoms with Gasteiger partial charge in [-0.25, -0.2) is 0 Å². The number of nitrogens with one attached hydrogen (secondary N) is 1. The molecule has 2 nitrogen and oxygen atoms in total. The number of hydrogen-bond acceptors (Lipinski definition) is 1. The van der Waals surface area contributed by atoms with E-state index in [2.05, 4.69) is 48.8 Å². The van der Waals surface area contributed by atoms with Gasteiger partial charge in [-0.1, -0.05) is 38.1 Å². The maximum atomic E-state index is 3.35. The molecule has 0 bridgehead atoms. The Kier molecular flexibility index (Phi) is 9.38. The van der Waals surface area contributed by atoms with Crippen LogP contribution in [0.1, 0.15) is 24.2 Å². The number of aryl methyl sites for hydroxylation is 2. The molecule has 1 saturated heterocycles. The molecule has 0 saturated carbocycles. The van der Waals surface area contributed by atoms with E-state index in [-0.39, 0.29) is 53.8 Å². The van der Waals surface area contributed by atoms with Crippen LogP contribution in [0.3, 0.4) is 0 Å². The molecule has 0 spiro atoms. The van der Waals surface area contributed by atoms with Gasteiger partial charge < -0.3 is 16.3 Å². The Bertz CT molecular complexity index is 300. The molecule has 2 heterocycles. The molecular formula is C13H20N2WY-2. The molecular weight excluding hydrogens is 457 g/mol. The number of piperidine rings is 1. The normalized spacial score (nSPS) is 19.1. The van der Waals surface area contributed by atoms with E-state index >= 15 is 0 Å². The van der Waals surface area contributed by atoms with Gasteiger partial charge in [0.15, 0.2) is 0 Å². The van der Waals surface area contributed by atoms with Crippen LogP contribution >= 0.6 is 0 Å². The van der Waals surface area contributed by atoms with E-state index in [9.17, 15) is 0 Å². The molecule has 1 unspecified atom stereocenters. The first-order chi connectivity index (χ1) is 7.27. The molecule has 0 amide bonds. The van der Waals surface area contributed by atoms with Crippen molar-refractivity contribution < 1.29 is 53.8 Å². The summed E-state index contributed by atoms with van der Waals surface area (Å²) in [5, 5.41) is 3.35. The predicted octanol–water partition coefficient (Wildman–Crippen LogP) is 2.31. The summed E-state index contributed by atoms with van der Waals surface area (Å²) in [5.41, 5.74) is 2.67. The molecule has 17 heavy (non-hydrogen) atoms. The molecule has 1 atom stereocenters. The third-order valence-corrected chi connectivity index (χ3v) is 3.20. The minimum atomic E-state index is 0. The summed E-state index contributed by atoms with van der Waals surface area (Å²) in [6.07, 6.45) is 4.84. The van der Waals surface area contributed by atoms with Crippen molar-refractivity contribution in [3.05, 3.63) is 36.5 Å². The van der Waals surface area contributed by atoms with Gasteiger partial charge in [0.25, 0.3) is 0 Å². The van der Waals surface area contributed by atoms with Crippen molar-refractivity contribution in [3.8, 4) is 0 Å². The smallest absolute Gasteiger partial charge is 0 e. The molecule has 4 heteroatoms.